The number of aromatic nitrogens is 3. The fourth-order valence-corrected chi connectivity index (χ4v) is 3.66. The number of nitrogens with zero attached hydrogens (tertiary/aromatic N) is 3. The summed E-state index contributed by atoms with van der Waals surface area (Å²) >= 11 is 1.50. The minimum Gasteiger partial charge on any atom is -0.393 e. The van der Waals surface area contributed by atoms with Crippen LogP contribution in [0.4, 0.5) is 11.8 Å². The van der Waals surface area contributed by atoms with Gasteiger partial charge in [0, 0.05) is 29.9 Å². The van der Waals surface area contributed by atoms with Gasteiger partial charge in [-0.15, -0.1) is 11.3 Å². The smallest absolute Gasteiger partial charge is 0.256 e. The Morgan fingerprint density at radius 1 is 1.29 bits per heavy atom. The number of amides is 1. The molecular formula is C19H28N6O2S. The van der Waals surface area contributed by atoms with E-state index in [1.54, 1.807) is 17.9 Å². The Morgan fingerprint density at radius 2 is 2.11 bits per heavy atom. The predicted molar refractivity (Wildman–Crippen MR) is 111 cm³/mol. The highest BCUT2D eigenvalue weighted by atomic mass is 32.1. The second-order valence-electron chi connectivity index (χ2n) is 7.04. The number of hydrogen-bond donors (Lipinski definition) is 4. The molecule has 9 heteroatoms. The van der Waals surface area contributed by atoms with Crippen molar-refractivity contribution in [3.8, 4) is 0 Å². The van der Waals surface area contributed by atoms with Crippen molar-refractivity contribution in [3.05, 3.63) is 28.3 Å². The number of unbranched alkanes of at least 4 members (excludes halogenated alkanes) is 1. The summed E-state index contributed by atoms with van der Waals surface area (Å²) in [7, 11) is 0. The summed E-state index contributed by atoms with van der Waals surface area (Å²) in [6.45, 7) is 3.35. The Bertz CT molecular complexity index is 747. The van der Waals surface area contributed by atoms with Crippen LogP contribution in [-0.2, 0) is 6.54 Å². The lowest BCUT2D eigenvalue weighted by Gasteiger charge is -2.27. The van der Waals surface area contributed by atoms with Crippen LogP contribution in [0.25, 0.3) is 0 Å². The molecule has 1 aliphatic carbocycles. The highest BCUT2D eigenvalue weighted by Gasteiger charge is 2.22. The van der Waals surface area contributed by atoms with Gasteiger partial charge in [0.25, 0.3) is 5.91 Å². The number of nitrogens with one attached hydrogen (secondary N) is 3. The Kier molecular flexibility index (Phi) is 7.55. The molecule has 4 N–H and O–H groups in total. The molecule has 0 radical (unpaired) electrons. The molecule has 1 fully saturated rings. The first kappa shape index (κ1) is 20.5. The fraction of sp³-hybridized carbons (Fsp3) is 0.579. The van der Waals surface area contributed by atoms with Gasteiger partial charge in [-0.05, 0) is 32.1 Å². The largest absolute Gasteiger partial charge is 0.393 e. The molecule has 3 rings (SSSR count). The third-order valence-corrected chi connectivity index (χ3v) is 5.57. The molecule has 8 nitrogen and oxygen atoms in total. The second-order valence-corrected chi connectivity index (χ2v) is 8.01. The van der Waals surface area contributed by atoms with Gasteiger partial charge < -0.3 is 21.1 Å². The maximum Gasteiger partial charge on any atom is 0.256 e. The van der Waals surface area contributed by atoms with Gasteiger partial charge in [0.15, 0.2) is 0 Å². The molecule has 2 aromatic heterocycles. The summed E-state index contributed by atoms with van der Waals surface area (Å²) in [5, 5.41) is 19.3. The van der Waals surface area contributed by atoms with E-state index in [1.807, 2.05) is 0 Å². The van der Waals surface area contributed by atoms with Crippen LogP contribution in [0.1, 0.15) is 60.7 Å². The van der Waals surface area contributed by atoms with E-state index >= 15 is 0 Å². The van der Waals surface area contributed by atoms with Crippen molar-refractivity contribution in [2.45, 2.75) is 64.1 Å². The molecule has 0 spiro atoms. The molecule has 1 aliphatic rings. The first-order chi connectivity index (χ1) is 13.7. The minimum atomic E-state index is -0.225. The summed E-state index contributed by atoms with van der Waals surface area (Å²) in [4.78, 5) is 26.6. The number of rotatable bonds is 9. The maximum absolute atomic E-state index is 12.7. The van der Waals surface area contributed by atoms with E-state index in [0.29, 0.717) is 23.9 Å². The lowest BCUT2D eigenvalue weighted by molar-refractivity contribution is 0.0951. The molecule has 1 saturated carbocycles. The number of hydrogen-bond acceptors (Lipinski definition) is 8. The van der Waals surface area contributed by atoms with Gasteiger partial charge >= 0.3 is 0 Å². The van der Waals surface area contributed by atoms with E-state index < -0.39 is 0 Å². The zero-order valence-electron chi connectivity index (χ0n) is 16.1. The highest BCUT2D eigenvalue weighted by molar-refractivity contribution is 7.09. The molecule has 0 saturated heterocycles. The van der Waals surface area contributed by atoms with Crippen molar-refractivity contribution in [2.75, 3.05) is 17.2 Å². The van der Waals surface area contributed by atoms with Crippen LogP contribution in [0.15, 0.2) is 17.9 Å². The van der Waals surface area contributed by atoms with Crippen LogP contribution in [-0.4, -0.2) is 44.7 Å². The lowest BCUT2D eigenvalue weighted by atomic mass is 9.93. The standard InChI is InChI=1S/C19H28N6O2S/c1-2-3-8-21-19-23-11-16(18(27)22-10-15-9-20-12-28-15)17(25-19)24-13-4-6-14(26)7-5-13/h9,11-14,26H,2-8,10H2,1H3,(H,22,27)(H2,21,23,24,25). The lowest BCUT2D eigenvalue weighted by Crippen LogP contribution is -2.31. The van der Waals surface area contributed by atoms with Crippen LogP contribution in [0.5, 0.6) is 0 Å². The van der Waals surface area contributed by atoms with Gasteiger partial charge in [0.05, 0.1) is 18.2 Å². The van der Waals surface area contributed by atoms with E-state index in [9.17, 15) is 9.90 Å². The van der Waals surface area contributed by atoms with E-state index in [4.69, 9.17) is 0 Å². The Labute approximate surface area is 169 Å². The topological polar surface area (TPSA) is 112 Å². The van der Waals surface area contributed by atoms with Gasteiger partial charge in [0.2, 0.25) is 5.95 Å². The van der Waals surface area contributed by atoms with Crippen LogP contribution in [0.2, 0.25) is 0 Å². The Hall–Kier alpha value is -2.26. The molecule has 2 aromatic rings. The molecule has 0 aromatic carbocycles. The van der Waals surface area contributed by atoms with Gasteiger partial charge in [-0.2, -0.15) is 4.98 Å². The van der Waals surface area contributed by atoms with E-state index in [0.717, 1.165) is 49.9 Å². The molecule has 0 unspecified atom stereocenters. The zero-order valence-corrected chi connectivity index (χ0v) is 17.0. The number of anilines is 2. The maximum atomic E-state index is 12.7. The van der Waals surface area contributed by atoms with E-state index in [1.165, 1.54) is 11.3 Å². The van der Waals surface area contributed by atoms with Gasteiger partial charge in [-0.1, -0.05) is 13.3 Å². The second kappa shape index (κ2) is 10.3. The molecule has 0 aliphatic heterocycles. The third kappa shape index (κ3) is 5.87. The van der Waals surface area contributed by atoms with Crippen LogP contribution >= 0.6 is 11.3 Å². The molecule has 1 amide bonds. The number of aliphatic hydroxyl groups excluding tert-OH is 1. The third-order valence-electron chi connectivity index (χ3n) is 4.79. The van der Waals surface area contributed by atoms with E-state index in [-0.39, 0.29) is 18.1 Å². The SMILES string of the molecule is CCCCNc1ncc(C(=O)NCc2cncs2)c(NC2CCC(O)CC2)n1. The van der Waals surface area contributed by atoms with Crippen molar-refractivity contribution in [1.29, 1.82) is 0 Å². The van der Waals surface area contributed by atoms with Crippen molar-refractivity contribution in [2.24, 2.45) is 0 Å². The van der Waals surface area contributed by atoms with Crippen molar-refractivity contribution in [3.63, 3.8) is 0 Å². The predicted octanol–water partition coefficient (Wildman–Crippen LogP) is 2.79. The zero-order chi connectivity index (χ0) is 19.8. The molecule has 0 atom stereocenters. The first-order valence-electron chi connectivity index (χ1n) is 9.86. The average molecular weight is 405 g/mol. The van der Waals surface area contributed by atoms with Gasteiger partial charge in [-0.3, -0.25) is 9.78 Å². The number of thiazole rings is 1. The normalized spacial score (nSPS) is 19.2. The van der Waals surface area contributed by atoms with Crippen LogP contribution < -0.4 is 16.0 Å². The average Bonchev–Trinajstić information content (AvgIpc) is 3.22. The quantitative estimate of drug-likeness (QED) is 0.475. The molecule has 28 heavy (non-hydrogen) atoms. The Morgan fingerprint density at radius 3 is 2.82 bits per heavy atom. The number of carbonyl (C=O) groups excluding carboxylic acids is 1. The minimum absolute atomic E-state index is 0.190. The van der Waals surface area contributed by atoms with Crippen molar-refractivity contribution < 1.29 is 9.90 Å². The van der Waals surface area contributed by atoms with Gasteiger partial charge in [0.1, 0.15) is 11.4 Å². The summed E-state index contributed by atoms with van der Waals surface area (Å²) in [6.07, 6.45) is 8.44. The molecular weight excluding hydrogens is 376 g/mol. The summed E-state index contributed by atoms with van der Waals surface area (Å²) < 4.78 is 0. The summed E-state index contributed by atoms with van der Waals surface area (Å²) in [5.41, 5.74) is 2.17. The Balaban J connectivity index is 1.71. The highest BCUT2D eigenvalue weighted by Crippen LogP contribution is 2.24. The molecule has 152 valence electrons. The fourth-order valence-electron chi connectivity index (χ4n) is 3.13. The number of aliphatic hydroxyl groups is 1. The van der Waals surface area contributed by atoms with Crippen LogP contribution in [0.3, 0.4) is 0 Å². The summed E-state index contributed by atoms with van der Waals surface area (Å²) in [6, 6.07) is 0.190. The monoisotopic (exact) mass is 404 g/mol. The molecule has 2 heterocycles. The first-order valence-corrected chi connectivity index (χ1v) is 10.7. The van der Waals surface area contributed by atoms with Gasteiger partial charge in [-0.25, -0.2) is 4.98 Å². The van der Waals surface area contributed by atoms with Crippen molar-refractivity contribution >= 4 is 29.0 Å². The van der Waals surface area contributed by atoms with E-state index in [2.05, 4.69) is 37.8 Å². The summed E-state index contributed by atoms with van der Waals surface area (Å²) in [5.74, 6) is 0.842. The van der Waals surface area contributed by atoms with Crippen LogP contribution in [0, 0.1) is 0 Å². The van der Waals surface area contributed by atoms with Crippen molar-refractivity contribution in [1.82, 2.24) is 20.3 Å². The number of carbonyl (C=O) groups is 1. The molecule has 0 bridgehead atoms.